The van der Waals surface area contributed by atoms with Gasteiger partial charge in [-0.3, -0.25) is 4.79 Å². The second-order valence-electron chi connectivity index (χ2n) is 3.42. The van der Waals surface area contributed by atoms with Crippen molar-refractivity contribution in [2.45, 2.75) is 19.0 Å². The van der Waals surface area contributed by atoms with Gasteiger partial charge in [0.1, 0.15) is 5.69 Å². The Morgan fingerprint density at radius 3 is 2.42 bits per heavy atom. The maximum Gasteiger partial charge on any atom is 0.418 e. The van der Waals surface area contributed by atoms with Crippen molar-refractivity contribution in [3.63, 3.8) is 0 Å². The number of hydrogen-bond donors (Lipinski definition) is 0. The van der Waals surface area contributed by atoms with Crippen LogP contribution in [0.15, 0.2) is 6.07 Å². The van der Waals surface area contributed by atoms with Gasteiger partial charge in [-0.05, 0) is 6.07 Å². The zero-order valence-corrected chi connectivity index (χ0v) is 9.39. The monoisotopic (exact) mass is 287 g/mol. The van der Waals surface area contributed by atoms with Crippen LogP contribution < -0.4 is 0 Å². The summed E-state index contributed by atoms with van der Waals surface area (Å²) in [5.41, 5.74) is -4.25. The fraction of sp³-hybridized carbons (Fsp3) is 0.400. The topological polar surface area (TPSA) is 39.2 Å². The summed E-state index contributed by atoms with van der Waals surface area (Å²) in [6, 6.07) is 0.140. The van der Waals surface area contributed by atoms with Crippen LogP contribution in [0.2, 0.25) is 0 Å². The number of halogens is 6. The van der Waals surface area contributed by atoms with Crippen LogP contribution in [-0.4, -0.2) is 18.1 Å². The highest BCUT2D eigenvalue weighted by molar-refractivity contribution is 5.72. The van der Waals surface area contributed by atoms with Gasteiger partial charge in [-0.25, -0.2) is 13.8 Å². The minimum atomic E-state index is -5.13. The van der Waals surface area contributed by atoms with E-state index in [1.165, 1.54) is 0 Å². The van der Waals surface area contributed by atoms with Crippen molar-refractivity contribution >= 4 is 5.97 Å². The van der Waals surface area contributed by atoms with E-state index in [0.29, 0.717) is 0 Å². The molecule has 0 aromatic carbocycles. The molecular formula is C10H7F6NO2. The smallest absolute Gasteiger partial charge is 0.418 e. The molecular weight excluding hydrogens is 280 g/mol. The largest absolute Gasteiger partial charge is 0.469 e. The average molecular weight is 287 g/mol. The summed E-state index contributed by atoms with van der Waals surface area (Å²) in [6.07, 6.45) is -9.54. The number of nitrogens with zero attached hydrogens (tertiary/aromatic N) is 1. The number of hydrogen-bond acceptors (Lipinski definition) is 3. The number of esters is 1. The first-order valence-electron chi connectivity index (χ1n) is 4.78. The summed E-state index contributed by atoms with van der Waals surface area (Å²) in [5, 5.41) is 0. The molecule has 0 atom stereocenters. The summed E-state index contributed by atoms with van der Waals surface area (Å²) in [7, 11) is 0.950. The fourth-order valence-electron chi connectivity index (χ4n) is 1.29. The van der Waals surface area contributed by atoms with E-state index in [4.69, 9.17) is 0 Å². The third-order valence-electron chi connectivity index (χ3n) is 2.15. The molecule has 0 radical (unpaired) electrons. The third kappa shape index (κ3) is 3.58. The first-order valence-corrected chi connectivity index (χ1v) is 4.78. The van der Waals surface area contributed by atoms with Gasteiger partial charge in [0, 0.05) is 5.56 Å². The van der Waals surface area contributed by atoms with E-state index in [1.54, 1.807) is 0 Å². The number of rotatable bonds is 3. The zero-order chi connectivity index (χ0) is 14.8. The van der Waals surface area contributed by atoms with Crippen LogP contribution in [0, 0.1) is 5.95 Å². The molecule has 1 aromatic heterocycles. The number of methoxy groups -OCH3 is 1. The Morgan fingerprint density at radius 2 is 2.00 bits per heavy atom. The molecule has 9 heteroatoms. The highest BCUT2D eigenvalue weighted by Gasteiger charge is 2.38. The second kappa shape index (κ2) is 5.45. The second-order valence-corrected chi connectivity index (χ2v) is 3.42. The van der Waals surface area contributed by atoms with Crippen LogP contribution in [-0.2, 0) is 22.1 Å². The van der Waals surface area contributed by atoms with Gasteiger partial charge < -0.3 is 4.74 Å². The van der Waals surface area contributed by atoms with Gasteiger partial charge in [0.2, 0.25) is 5.95 Å². The minimum absolute atomic E-state index is 0.140. The maximum atomic E-state index is 13.3. The quantitative estimate of drug-likeness (QED) is 0.487. The molecule has 0 fully saturated rings. The maximum absolute atomic E-state index is 13.3. The van der Waals surface area contributed by atoms with Crippen molar-refractivity contribution in [3.05, 3.63) is 28.8 Å². The lowest BCUT2D eigenvalue weighted by atomic mass is 10.1. The van der Waals surface area contributed by atoms with Crippen molar-refractivity contribution in [2.75, 3.05) is 7.11 Å². The summed E-state index contributed by atoms with van der Waals surface area (Å²) >= 11 is 0. The molecule has 0 saturated heterocycles. The van der Waals surface area contributed by atoms with E-state index >= 15 is 0 Å². The predicted molar refractivity (Wildman–Crippen MR) is 49.9 cm³/mol. The normalized spacial score (nSPS) is 11.8. The van der Waals surface area contributed by atoms with E-state index < -0.39 is 47.8 Å². The average Bonchev–Trinajstić information content (AvgIpc) is 2.29. The molecule has 0 aliphatic carbocycles. The highest BCUT2D eigenvalue weighted by Crippen LogP contribution is 2.36. The molecule has 0 N–H and O–H groups in total. The SMILES string of the molecule is COC(=O)Cc1cc(C(F)(F)F)c(C(F)F)nc1F. The van der Waals surface area contributed by atoms with E-state index in [9.17, 15) is 31.1 Å². The van der Waals surface area contributed by atoms with Crippen molar-refractivity contribution < 1.29 is 35.9 Å². The molecule has 0 aliphatic heterocycles. The van der Waals surface area contributed by atoms with Crippen LogP contribution >= 0.6 is 0 Å². The Morgan fingerprint density at radius 1 is 1.42 bits per heavy atom. The number of pyridine rings is 1. The van der Waals surface area contributed by atoms with E-state index in [2.05, 4.69) is 9.72 Å². The van der Waals surface area contributed by atoms with Crippen LogP contribution in [0.4, 0.5) is 26.3 Å². The first-order chi connectivity index (χ1) is 8.66. The van der Waals surface area contributed by atoms with Gasteiger partial charge in [-0.15, -0.1) is 0 Å². The fourth-order valence-corrected chi connectivity index (χ4v) is 1.29. The lowest BCUT2D eigenvalue weighted by Crippen LogP contribution is -2.16. The lowest BCUT2D eigenvalue weighted by molar-refractivity contribution is -0.141. The zero-order valence-electron chi connectivity index (χ0n) is 9.39. The minimum Gasteiger partial charge on any atom is -0.469 e. The standard InChI is InChI=1S/C10H7F6NO2/c1-19-6(18)3-4-2-5(10(14,15)16)7(8(11)12)17-9(4)13/h2,8H,3H2,1H3. The molecule has 0 bridgehead atoms. The molecule has 0 unspecified atom stereocenters. The van der Waals surface area contributed by atoms with Crippen LogP contribution in [0.1, 0.15) is 23.2 Å². The molecule has 0 saturated carbocycles. The summed E-state index contributed by atoms with van der Waals surface area (Å²) in [5.74, 6) is -2.58. The molecule has 3 nitrogen and oxygen atoms in total. The summed E-state index contributed by atoms with van der Waals surface area (Å²) in [6.45, 7) is 0. The van der Waals surface area contributed by atoms with Crippen molar-refractivity contribution in [1.82, 2.24) is 4.98 Å². The number of alkyl halides is 5. The molecule has 1 aromatic rings. The Hall–Kier alpha value is -1.80. The molecule has 0 amide bonds. The summed E-state index contributed by atoms with van der Waals surface area (Å²) < 4.78 is 79.7. The third-order valence-corrected chi connectivity index (χ3v) is 2.15. The number of carbonyl (C=O) groups excluding carboxylic acids is 1. The van der Waals surface area contributed by atoms with Gasteiger partial charge in [-0.1, -0.05) is 0 Å². The van der Waals surface area contributed by atoms with Crippen molar-refractivity contribution in [2.24, 2.45) is 0 Å². The van der Waals surface area contributed by atoms with E-state index in [-0.39, 0.29) is 6.07 Å². The van der Waals surface area contributed by atoms with E-state index in [1.807, 2.05) is 0 Å². The van der Waals surface area contributed by atoms with Crippen molar-refractivity contribution in [3.8, 4) is 0 Å². The van der Waals surface area contributed by atoms with Gasteiger partial charge in [0.05, 0.1) is 19.1 Å². The summed E-state index contributed by atoms with van der Waals surface area (Å²) in [4.78, 5) is 13.4. The van der Waals surface area contributed by atoms with Gasteiger partial charge in [0.15, 0.2) is 0 Å². The number of aromatic nitrogens is 1. The molecule has 1 heterocycles. The molecule has 106 valence electrons. The highest BCUT2D eigenvalue weighted by atomic mass is 19.4. The first kappa shape index (κ1) is 15.3. The lowest BCUT2D eigenvalue weighted by Gasteiger charge is -2.13. The Bertz CT molecular complexity index is 486. The van der Waals surface area contributed by atoms with Crippen LogP contribution in [0.25, 0.3) is 0 Å². The number of ether oxygens (including phenoxy) is 1. The predicted octanol–water partition coefficient (Wildman–Crippen LogP) is 2.89. The number of carbonyl (C=O) groups is 1. The Labute approximate surface area is 103 Å². The molecule has 1 rings (SSSR count). The Kier molecular flexibility index (Phi) is 4.38. The van der Waals surface area contributed by atoms with E-state index in [0.717, 1.165) is 7.11 Å². The molecule has 0 spiro atoms. The van der Waals surface area contributed by atoms with Crippen LogP contribution in [0.3, 0.4) is 0 Å². The van der Waals surface area contributed by atoms with Gasteiger partial charge in [-0.2, -0.15) is 17.6 Å². The Balaban J connectivity index is 3.34. The molecule has 19 heavy (non-hydrogen) atoms. The molecule has 0 aliphatic rings. The van der Waals surface area contributed by atoms with Crippen molar-refractivity contribution in [1.29, 1.82) is 0 Å². The van der Waals surface area contributed by atoms with Gasteiger partial charge >= 0.3 is 12.1 Å². The van der Waals surface area contributed by atoms with Crippen LogP contribution in [0.5, 0.6) is 0 Å². The van der Waals surface area contributed by atoms with Gasteiger partial charge in [0.25, 0.3) is 6.43 Å².